The molecule has 0 aromatic carbocycles. The molecule has 2 nitrogen and oxygen atoms in total. The summed E-state index contributed by atoms with van der Waals surface area (Å²) in [6.45, 7) is 6.70. The van der Waals surface area contributed by atoms with Crippen molar-refractivity contribution in [2.75, 3.05) is 33.2 Å². The summed E-state index contributed by atoms with van der Waals surface area (Å²) in [5.41, 5.74) is 2.96. The van der Waals surface area contributed by atoms with Gasteiger partial charge in [-0.3, -0.25) is 4.90 Å². The number of nitrogens with one attached hydrogen (secondary N) is 1. The summed E-state index contributed by atoms with van der Waals surface area (Å²) in [6, 6.07) is 0. The molecule has 0 radical (unpaired) electrons. The highest BCUT2D eigenvalue weighted by Crippen LogP contribution is 2.16. The molecule has 1 aliphatic rings. The van der Waals surface area contributed by atoms with Crippen molar-refractivity contribution in [3.8, 4) is 0 Å². The van der Waals surface area contributed by atoms with E-state index in [9.17, 15) is 0 Å². The lowest BCUT2D eigenvalue weighted by atomic mass is 9.98. The van der Waals surface area contributed by atoms with Crippen molar-refractivity contribution < 1.29 is 0 Å². The van der Waals surface area contributed by atoms with Gasteiger partial charge in [0.15, 0.2) is 0 Å². The number of likely N-dealkylation sites (tertiary alicyclic amines) is 1. The van der Waals surface area contributed by atoms with Crippen LogP contribution < -0.4 is 5.32 Å². The van der Waals surface area contributed by atoms with Crippen molar-refractivity contribution in [1.29, 1.82) is 0 Å². The highest BCUT2D eigenvalue weighted by molar-refractivity contribution is 6.25. The minimum absolute atomic E-state index is 0.817. The molecule has 0 aliphatic carbocycles. The molecular formula is C11H21ClN2. The molecule has 0 saturated carbocycles. The predicted molar refractivity (Wildman–Crippen MR) is 62.7 cm³/mol. The topological polar surface area (TPSA) is 15.3 Å². The average molecular weight is 217 g/mol. The SMILES string of the molecule is CNCC1CCCN(CC(C)=CCl)C1. The average Bonchev–Trinajstić information content (AvgIpc) is 2.19. The Morgan fingerprint density at radius 3 is 3.07 bits per heavy atom. The first-order chi connectivity index (χ1) is 6.76. The Morgan fingerprint density at radius 2 is 2.43 bits per heavy atom. The fourth-order valence-corrected chi connectivity index (χ4v) is 2.21. The van der Waals surface area contributed by atoms with Gasteiger partial charge in [-0.2, -0.15) is 0 Å². The molecule has 0 aromatic rings. The summed E-state index contributed by atoms with van der Waals surface area (Å²) in [5.74, 6) is 0.817. The number of hydrogen-bond acceptors (Lipinski definition) is 2. The molecule has 0 amide bonds. The minimum atomic E-state index is 0.817. The predicted octanol–water partition coefficient (Wildman–Crippen LogP) is 2.06. The van der Waals surface area contributed by atoms with Crippen LogP contribution in [0.2, 0.25) is 0 Å². The Balaban J connectivity index is 2.32. The second kappa shape index (κ2) is 6.44. The summed E-state index contributed by atoms with van der Waals surface area (Å²) >= 11 is 5.67. The highest BCUT2D eigenvalue weighted by atomic mass is 35.5. The fourth-order valence-electron chi connectivity index (χ4n) is 2.14. The molecule has 1 atom stereocenters. The quantitative estimate of drug-likeness (QED) is 0.774. The third-order valence-corrected chi connectivity index (χ3v) is 3.13. The molecule has 0 bridgehead atoms. The molecule has 1 unspecified atom stereocenters. The zero-order valence-electron chi connectivity index (χ0n) is 9.22. The molecule has 1 aliphatic heterocycles. The maximum atomic E-state index is 5.67. The Kier molecular flexibility index (Phi) is 5.53. The van der Waals surface area contributed by atoms with Crippen LogP contribution in [0.5, 0.6) is 0 Å². The summed E-state index contributed by atoms with van der Waals surface area (Å²) in [6.07, 6.45) is 2.68. The zero-order valence-corrected chi connectivity index (χ0v) is 9.98. The molecule has 14 heavy (non-hydrogen) atoms. The lowest BCUT2D eigenvalue weighted by Crippen LogP contribution is -2.39. The van der Waals surface area contributed by atoms with Gasteiger partial charge >= 0.3 is 0 Å². The number of halogens is 1. The summed E-state index contributed by atoms with van der Waals surface area (Å²) in [4.78, 5) is 2.50. The van der Waals surface area contributed by atoms with Gasteiger partial charge < -0.3 is 5.32 Å². The minimum Gasteiger partial charge on any atom is -0.319 e. The van der Waals surface area contributed by atoms with E-state index in [1.807, 2.05) is 7.05 Å². The van der Waals surface area contributed by atoms with Gasteiger partial charge in [-0.15, -0.1) is 0 Å². The van der Waals surface area contributed by atoms with E-state index >= 15 is 0 Å². The number of piperidine rings is 1. The van der Waals surface area contributed by atoms with Crippen molar-refractivity contribution in [2.45, 2.75) is 19.8 Å². The number of rotatable bonds is 4. The molecule has 1 fully saturated rings. The van der Waals surface area contributed by atoms with E-state index in [-0.39, 0.29) is 0 Å². The van der Waals surface area contributed by atoms with Crippen LogP contribution in [-0.4, -0.2) is 38.1 Å². The van der Waals surface area contributed by atoms with Crippen LogP contribution in [-0.2, 0) is 0 Å². The van der Waals surface area contributed by atoms with Crippen LogP contribution in [0.25, 0.3) is 0 Å². The molecule has 1 heterocycles. The second-order valence-corrected chi connectivity index (χ2v) is 4.47. The Labute approximate surface area is 92.3 Å². The highest BCUT2D eigenvalue weighted by Gasteiger charge is 2.18. The first-order valence-electron chi connectivity index (χ1n) is 5.39. The Hall–Kier alpha value is -0.0500. The summed E-state index contributed by atoms with van der Waals surface area (Å²) in [5, 5.41) is 3.26. The fraction of sp³-hybridized carbons (Fsp3) is 0.818. The molecule has 1 saturated heterocycles. The van der Waals surface area contributed by atoms with E-state index in [0.717, 1.165) is 19.0 Å². The van der Waals surface area contributed by atoms with Gasteiger partial charge in [0, 0.05) is 18.6 Å². The van der Waals surface area contributed by atoms with Crippen LogP contribution in [0.1, 0.15) is 19.8 Å². The maximum absolute atomic E-state index is 5.67. The van der Waals surface area contributed by atoms with E-state index in [0.29, 0.717) is 0 Å². The van der Waals surface area contributed by atoms with Gasteiger partial charge in [0.25, 0.3) is 0 Å². The molecule has 1 rings (SSSR count). The Morgan fingerprint density at radius 1 is 1.64 bits per heavy atom. The number of nitrogens with zero attached hydrogens (tertiary/aromatic N) is 1. The van der Waals surface area contributed by atoms with Crippen LogP contribution in [0.3, 0.4) is 0 Å². The van der Waals surface area contributed by atoms with Crippen LogP contribution >= 0.6 is 11.6 Å². The van der Waals surface area contributed by atoms with Crippen molar-refractivity contribution in [1.82, 2.24) is 10.2 Å². The first-order valence-corrected chi connectivity index (χ1v) is 5.82. The summed E-state index contributed by atoms with van der Waals surface area (Å²) < 4.78 is 0. The van der Waals surface area contributed by atoms with Crippen molar-refractivity contribution >= 4 is 11.6 Å². The van der Waals surface area contributed by atoms with E-state index in [4.69, 9.17) is 11.6 Å². The largest absolute Gasteiger partial charge is 0.319 e. The van der Waals surface area contributed by atoms with E-state index in [1.54, 1.807) is 5.54 Å². The second-order valence-electron chi connectivity index (χ2n) is 4.26. The zero-order chi connectivity index (χ0) is 10.4. The van der Waals surface area contributed by atoms with Gasteiger partial charge in [0.05, 0.1) is 0 Å². The van der Waals surface area contributed by atoms with Gasteiger partial charge in [0.2, 0.25) is 0 Å². The first kappa shape index (κ1) is 12.0. The van der Waals surface area contributed by atoms with Crippen LogP contribution in [0.15, 0.2) is 11.1 Å². The molecule has 0 aromatic heterocycles. The monoisotopic (exact) mass is 216 g/mol. The lowest BCUT2D eigenvalue weighted by molar-refractivity contribution is 0.186. The van der Waals surface area contributed by atoms with E-state index in [2.05, 4.69) is 17.1 Å². The lowest BCUT2D eigenvalue weighted by Gasteiger charge is -2.32. The van der Waals surface area contributed by atoms with E-state index < -0.39 is 0 Å². The summed E-state index contributed by atoms with van der Waals surface area (Å²) in [7, 11) is 2.03. The van der Waals surface area contributed by atoms with Gasteiger partial charge in [-0.1, -0.05) is 11.6 Å². The Bertz CT molecular complexity index is 190. The molecule has 1 N–H and O–H groups in total. The number of hydrogen-bond donors (Lipinski definition) is 1. The van der Waals surface area contributed by atoms with Crippen molar-refractivity contribution in [3.63, 3.8) is 0 Å². The van der Waals surface area contributed by atoms with Crippen molar-refractivity contribution in [3.05, 3.63) is 11.1 Å². The van der Waals surface area contributed by atoms with Gasteiger partial charge in [0.1, 0.15) is 0 Å². The molecular weight excluding hydrogens is 196 g/mol. The van der Waals surface area contributed by atoms with Crippen LogP contribution in [0, 0.1) is 5.92 Å². The third kappa shape index (κ3) is 3.99. The van der Waals surface area contributed by atoms with Gasteiger partial charge in [-0.25, -0.2) is 0 Å². The molecule has 0 spiro atoms. The van der Waals surface area contributed by atoms with Crippen molar-refractivity contribution in [2.24, 2.45) is 5.92 Å². The smallest absolute Gasteiger partial charge is 0.0201 e. The normalized spacial score (nSPS) is 25.4. The van der Waals surface area contributed by atoms with E-state index in [1.165, 1.54) is 31.5 Å². The molecule has 82 valence electrons. The maximum Gasteiger partial charge on any atom is 0.0201 e. The van der Waals surface area contributed by atoms with Crippen LogP contribution in [0.4, 0.5) is 0 Å². The third-order valence-electron chi connectivity index (χ3n) is 2.76. The van der Waals surface area contributed by atoms with Gasteiger partial charge in [-0.05, 0) is 51.4 Å². The molecule has 3 heteroatoms. The standard InChI is InChI=1S/C11H21ClN2/c1-10(6-12)8-14-5-3-4-11(9-14)7-13-2/h6,11,13H,3-5,7-9H2,1-2H3.